The minimum absolute atomic E-state index is 0.303. The Hall–Kier alpha value is -2.24. The number of unbranched alkanes of at least 4 members (excludes halogenated alkanes) is 7. The van der Waals surface area contributed by atoms with E-state index in [1.54, 1.807) is 22.7 Å². The first-order chi connectivity index (χ1) is 16.2. The summed E-state index contributed by atoms with van der Waals surface area (Å²) in [4.78, 5) is 0. The van der Waals surface area contributed by atoms with Crippen LogP contribution in [-0.4, -0.2) is 6.61 Å². The van der Waals surface area contributed by atoms with Crippen LogP contribution >= 0.6 is 22.7 Å². The van der Waals surface area contributed by atoms with Crippen molar-refractivity contribution in [1.82, 2.24) is 0 Å². The van der Waals surface area contributed by atoms with Crippen molar-refractivity contribution in [3.63, 3.8) is 0 Å². The summed E-state index contributed by atoms with van der Waals surface area (Å²) in [6, 6.07) is 10.4. The zero-order valence-electron chi connectivity index (χ0n) is 19.6. The maximum Gasteiger partial charge on any atom is 0.147 e. The first-order valence-electron chi connectivity index (χ1n) is 12.3. The molecule has 33 heavy (non-hydrogen) atoms. The summed E-state index contributed by atoms with van der Waals surface area (Å²) >= 11 is 3.58. The van der Waals surface area contributed by atoms with Gasteiger partial charge in [0.25, 0.3) is 0 Å². The van der Waals surface area contributed by atoms with Crippen molar-refractivity contribution in [1.29, 1.82) is 0 Å². The zero-order valence-corrected chi connectivity index (χ0v) is 21.3. The molecule has 1 aliphatic rings. The number of thiophene rings is 2. The van der Waals surface area contributed by atoms with E-state index in [1.807, 2.05) is 12.1 Å². The molecule has 0 fully saturated rings. The molecule has 1 unspecified atom stereocenters. The SMILES string of the molecule is CCCCCCCCCCOc1csc2c(C3(Nc4ccccc4)C=CC(N)=CC3)csc12. The molecule has 0 spiro atoms. The number of nitrogens with two attached hydrogens (primary N) is 1. The van der Waals surface area contributed by atoms with E-state index in [-0.39, 0.29) is 5.54 Å². The van der Waals surface area contributed by atoms with E-state index in [4.69, 9.17) is 10.5 Å². The van der Waals surface area contributed by atoms with E-state index in [9.17, 15) is 0 Å². The van der Waals surface area contributed by atoms with Crippen molar-refractivity contribution in [3.05, 3.63) is 70.6 Å². The van der Waals surface area contributed by atoms with Crippen molar-refractivity contribution in [2.75, 3.05) is 11.9 Å². The van der Waals surface area contributed by atoms with Crippen LogP contribution in [0.2, 0.25) is 0 Å². The normalized spacial score (nSPS) is 17.9. The number of nitrogens with one attached hydrogen (secondary N) is 1. The maximum atomic E-state index is 6.22. The average Bonchev–Trinajstić information content (AvgIpc) is 3.43. The Bertz CT molecular complexity index is 1070. The highest BCUT2D eigenvalue weighted by Crippen LogP contribution is 2.46. The fourth-order valence-electron chi connectivity index (χ4n) is 4.42. The first kappa shape index (κ1) is 23.9. The van der Waals surface area contributed by atoms with Gasteiger partial charge in [-0.25, -0.2) is 0 Å². The van der Waals surface area contributed by atoms with Gasteiger partial charge in [0, 0.05) is 22.3 Å². The molecule has 3 N–H and O–H groups in total. The third-order valence-electron chi connectivity index (χ3n) is 6.35. The summed E-state index contributed by atoms with van der Waals surface area (Å²) in [5.74, 6) is 1.04. The molecule has 3 aromatic rings. The number of ether oxygens (including phenoxy) is 1. The number of benzene rings is 1. The molecular weight excluding hydrogens is 444 g/mol. The smallest absolute Gasteiger partial charge is 0.147 e. The van der Waals surface area contributed by atoms with Gasteiger partial charge in [0.2, 0.25) is 0 Å². The van der Waals surface area contributed by atoms with Crippen LogP contribution in [-0.2, 0) is 5.54 Å². The van der Waals surface area contributed by atoms with Crippen LogP contribution in [0.4, 0.5) is 5.69 Å². The van der Waals surface area contributed by atoms with Crippen molar-refractivity contribution in [2.24, 2.45) is 5.73 Å². The van der Waals surface area contributed by atoms with Gasteiger partial charge in [0.05, 0.1) is 21.5 Å². The standard InChI is InChI=1S/C28H36N2OS2/c1-2-3-4-5-6-7-8-12-19-31-25-21-33-26-24(20-32-27(25)26)28(17-15-22(29)16-18-28)30-23-13-10-9-11-14-23/h9-11,13-17,20-21,30H,2-8,12,18-19,29H2,1H3. The minimum Gasteiger partial charge on any atom is -0.491 e. The molecule has 2 aromatic heterocycles. The summed E-state index contributed by atoms with van der Waals surface area (Å²) < 4.78 is 8.80. The third kappa shape index (κ3) is 6.01. The molecule has 176 valence electrons. The molecule has 1 atom stereocenters. The van der Waals surface area contributed by atoms with Gasteiger partial charge in [-0.05, 0) is 36.4 Å². The Kier molecular flexibility index (Phi) is 8.51. The van der Waals surface area contributed by atoms with Crippen LogP contribution < -0.4 is 15.8 Å². The molecule has 2 heterocycles. The van der Waals surface area contributed by atoms with E-state index in [2.05, 4.69) is 59.4 Å². The summed E-state index contributed by atoms with van der Waals surface area (Å²) in [5.41, 5.74) is 9.01. The van der Waals surface area contributed by atoms with Crippen molar-refractivity contribution in [2.45, 2.75) is 70.3 Å². The van der Waals surface area contributed by atoms with Gasteiger partial charge in [-0.3, -0.25) is 0 Å². The van der Waals surface area contributed by atoms with E-state index >= 15 is 0 Å². The van der Waals surface area contributed by atoms with Gasteiger partial charge in [-0.15, -0.1) is 22.7 Å². The second-order valence-electron chi connectivity index (χ2n) is 8.93. The summed E-state index contributed by atoms with van der Waals surface area (Å²) in [5, 5.41) is 8.26. The van der Waals surface area contributed by atoms with Gasteiger partial charge in [-0.2, -0.15) is 0 Å². The van der Waals surface area contributed by atoms with E-state index in [1.165, 1.54) is 59.9 Å². The lowest BCUT2D eigenvalue weighted by atomic mass is 9.84. The second kappa shape index (κ2) is 11.8. The zero-order chi connectivity index (χ0) is 22.9. The van der Waals surface area contributed by atoms with Crippen molar-refractivity contribution < 1.29 is 4.74 Å². The maximum absolute atomic E-state index is 6.22. The summed E-state index contributed by atoms with van der Waals surface area (Å²) in [6.45, 7) is 3.08. The van der Waals surface area contributed by atoms with Crippen molar-refractivity contribution in [3.8, 4) is 5.75 Å². The van der Waals surface area contributed by atoms with Crippen LogP contribution in [0, 0.1) is 0 Å². The molecular formula is C28H36N2OS2. The first-order valence-corrected chi connectivity index (χ1v) is 14.1. The quantitative estimate of drug-likeness (QED) is 0.241. The molecule has 5 heteroatoms. The Morgan fingerprint density at radius 3 is 2.39 bits per heavy atom. The van der Waals surface area contributed by atoms with E-state index in [0.717, 1.165) is 36.6 Å². The average molecular weight is 481 g/mol. The molecule has 0 aliphatic heterocycles. The van der Waals surface area contributed by atoms with Crippen molar-refractivity contribution >= 4 is 37.8 Å². The van der Waals surface area contributed by atoms with Gasteiger partial charge >= 0.3 is 0 Å². The van der Waals surface area contributed by atoms with Gasteiger partial charge in [0.15, 0.2) is 0 Å². The van der Waals surface area contributed by atoms with Crippen LogP contribution in [0.15, 0.2) is 65.0 Å². The lowest BCUT2D eigenvalue weighted by Gasteiger charge is -2.34. The minimum atomic E-state index is -0.303. The Balaban J connectivity index is 1.40. The number of hydrogen-bond donors (Lipinski definition) is 2. The lowest BCUT2D eigenvalue weighted by molar-refractivity contribution is 0.309. The molecule has 0 amide bonds. The lowest BCUT2D eigenvalue weighted by Crippen LogP contribution is -2.34. The molecule has 0 radical (unpaired) electrons. The van der Waals surface area contributed by atoms with Gasteiger partial charge in [-0.1, -0.05) is 82.2 Å². The number of rotatable bonds is 13. The fourth-order valence-corrected chi connectivity index (χ4v) is 6.86. The number of fused-ring (bicyclic) bond motifs is 1. The van der Waals surface area contributed by atoms with Gasteiger partial charge < -0.3 is 15.8 Å². The molecule has 3 nitrogen and oxygen atoms in total. The number of hydrogen-bond acceptors (Lipinski definition) is 5. The molecule has 0 saturated heterocycles. The summed E-state index contributed by atoms with van der Waals surface area (Å²) in [6.07, 6.45) is 17.7. The highest BCUT2D eigenvalue weighted by atomic mass is 32.1. The molecule has 0 bridgehead atoms. The Labute approximate surface area is 206 Å². The van der Waals surface area contributed by atoms with Gasteiger partial charge in [0.1, 0.15) is 5.75 Å². The predicted molar refractivity (Wildman–Crippen MR) is 146 cm³/mol. The molecule has 4 rings (SSSR count). The highest BCUT2D eigenvalue weighted by Gasteiger charge is 2.34. The summed E-state index contributed by atoms with van der Waals surface area (Å²) in [7, 11) is 0. The van der Waals surface area contributed by atoms with Crippen LogP contribution in [0.1, 0.15) is 70.3 Å². The Morgan fingerprint density at radius 1 is 0.939 bits per heavy atom. The number of anilines is 1. The topological polar surface area (TPSA) is 47.3 Å². The number of allylic oxidation sites excluding steroid dienone is 1. The highest BCUT2D eigenvalue weighted by molar-refractivity contribution is 7.27. The number of para-hydroxylation sites is 1. The fraction of sp³-hybridized carbons (Fsp3) is 0.429. The second-order valence-corrected chi connectivity index (χ2v) is 10.7. The molecule has 1 aromatic carbocycles. The molecule has 0 saturated carbocycles. The molecule has 1 aliphatic carbocycles. The van der Waals surface area contributed by atoms with Crippen LogP contribution in [0.3, 0.4) is 0 Å². The monoisotopic (exact) mass is 480 g/mol. The van der Waals surface area contributed by atoms with Crippen LogP contribution in [0.5, 0.6) is 5.75 Å². The third-order valence-corrected chi connectivity index (χ3v) is 8.47. The van der Waals surface area contributed by atoms with Crippen LogP contribution in [0.25, 0.3) is 9.40 Å². The van der Waals surface area contributed by atoms with E-state index < -0.39 is 0 Å². The Morgan fingerprint density at radius 2 is 1.67 bits per heavy atom. The predicted octanol–water partition coefficient (Wildman–Crippen LogP) is 8.59. The largest absolute Gasteiger partial charge is 0.491 e. The van der Waals surface area contributed by atoms with E-state index in [0.29, 0.717) is 0 Å².